The van der Waals surface area contributed by atoms with E-state index in [0.717, 1.165) is 10.0 Å². The molecule has 0 radical (unpaired) electrons. The highest BCUT2D eigenvalue weighted by molar-refractivity contribution is 9.10. The smallest absolute Gasteiger partial charge is 0.269 e. The summed E-state index contributed by atoms with van der Waals surface area (Å²) in [6, 6.07) is 12.3. The van der Waals surface area contributed by atoms with E-state index >= 15 is 0 Å². The number of carbonyl (C=O) groups is 2. The van der Waals surface area contributed by atoms with Crippen molar-refractivity contribution in [2.45, 2.75) is 0 Å². The zero-order valence-corrected chi connectivity index (χ0v) is 14.0. The number of hydrogen-bond donors (Lipinski definition) is 2. The minimum atomic E-state index is -0.448. The van der Waals surface area contributed by atoms with E-state index in [4.69, 9.17) is 9.47 Å². The van der Waals surface area contributed by atoms with Crippen LogP contribution in [0.1, 0.15) is 15.9 Å². The van der Waals surface area contributed by atoms with Crippen molar-refractivity contribution < 1.29 is 19.1 Å². The standard InChI is InChI=1S/C17H13BrN2O4/c18-13-4-2-1-3-11(13)6-8-16(21)19-20-17(22)12-5-7-14-15(9-12)24-10-23-14/h1-9H,10H2,(H,19,21)(H,20,22)/b8-6+. The first-order valence-corrected chi connectivity index (χ1v) is 7.85. The van der Waals surface area contributed by atoms with Gasteiger partial charge in [0.2, 0.25) is 6.79 Å². The lowest BCUT2D eigenvalue weighted by Gasteiger charge is -2.06. The molecule has 0 bridgehead atoms. The molecule has 0 saturated carbocycles. The Balaban J connectivity index is 1.56. The third-order valence-corrected chi connectivity index (χ3v) is 3.98. The number of rotatable bonds is 3. The van der Waals surface area contributed by atoms with Crippen molar-refractivity contribution in [3.05, 3.63) is 64.1 Å². The molecule has 2 aromatic rings. The van der Waals surface area contributed by atoms with Crippen molar-refractivity contribution in [3.63, 3.8) is 0 Å². The molecule has 2 N–H and O–H groups in total. The van der Waals surface area contributed by atoms with Crippen molar-refractivity contribution in [3.8, 4) is 11.5 Å². The summed E-state index contributed by atoms with van der Waals surface area (Å²) in [6.45, 7) is 0.136. The average Bonchev–Trinajstić information content (AvgIpc) is 3.06. The Bertz CT molecular complexity index is 820. The van der Waals surface area contributed by atoms with Gasteiger partial charge < -0.3 is 9.47 Å². The highest BCUT2D eigenvalue weighted by atomic mass is 79.9. The van der Waals surface area contributed by atoms with Crippen LogP contribution in [0.15, 0.2) is 53.0 Å². The molecule has 0 aliphatic carbocycles. The Morgan fingerprint density at radius 1 is 1.04 bits per heavy atom. The molecular weight excluding hydrogens is 376 g/mol. The van der Waals surface area contributed by atoms with Gasteiger partial charge >= 0.3 is 0 Å². The molecule has 2 amide bonds. The third-order valence-electron chi connectivity index (χ3n) is 3.25. The van der Waals surface area contributed by atoms with Gasteiger partial charge in [-0.05, 0) is 35.9 Å². The molecule has 1 heterocycles. The third kappa shape index (κ3) is 3.75. The molecule has 3 rings (SSSR count). The molecule has 6 nitrogen and oxygen atoms in total. The van der Waals surface area contributed by atoms with Crippen molar-refractivity contribution in [1.29, 1.82) is 0 Å². The number of ether oxygens (including phenoxy) is 2. The Morgan fingerprint density at radius 3 is 2.67 bits per heavy atom. The van der Waals surface area contributed by atoms with Crippen LogP contribution in [0.25, 0.3) is 6.08 Å². The first-order valence-electron chi connectivity index (χ1n) is 7.06. The molecule has 2 aromatic carbocycles. The summed E-state index contributed by atoms with van der Waals surface area (Å²) in [5.74, 6) is 0.200. The topological polar surface area (TPSA) is 76.7 Å². The molecule has 24 heavy (non-hydrogen) atoms. The molecule has 0 fully saturated rings. The summed E-state index contributed by atoms with van der Waals surface area (Å²) in [5.41, 5.74) is 5.88. The molecule has 0 saturated heterocycles. The molecule has 0 spiro atoms. The van der Waals surface area contributed by atoms with Crippen molar-refractivity contribution >= 4 is 33.8 Å². The number of halogens is 1. The maximum Gasteiger partial charge on any atom is 0.269 e. The van der Waals surface area contributed by atoms with Gasteiger partial charge in [-0.2, -0.15) is 0 Å². The molecular formula is C17H13BrN2O4. The van der Waals surface area contributed by atoms with Crippen LogP contribution < -0.4 is 20.3 Å². The summed E-state index contributed by atoms with van der Waals surface area (Å²) in [7, 11) is 0. The molecule has 0 atom stereocenters. The normalized spacial score (nSPS) is 12.2. The fraction of sp³-hybridized carbons (Fsp3) is 0.0588. The lowest BCUT2D eigenvalue weighted by atomic mass is 10.2. The minimum Gasteiger partial charge on any atom is -0.454 e. The number of amides is 2. The SMILES string of the molecule is O=C(/C=C/c1ccccc1Br)NNC(=O)c1ccc2c(c1)OCO2. The second kappa shape index (κ2) is 7.18. The van der Waals surface area contributed by atoms with Crippen LogP contribution in [0.3, 0.4) is 0 Å². The van der Waals surface area contributed by atoms with Gasteiger partial charge in [0.05, 0.1) is 0 Å². The number of fused-ring (bicyclic) bond motifs is 1. The van der Waals surface area contributed by atoms with Crippen LogP contribution in [0, 0.1) is 0 Å². The van der Waals surface area contributed by atoms with Gasteiger partial charge in [0.15, 0.2) is 11.5 Å². The van der Waals surface area contributed by atoms with Crippen LogP contribution >= 0.6 is 15.9 Å². The van der Waals surface area contributed by atoms with Gasteiger partial charge in [-0.1, -0.05) is 34.1 Å². The van der Waals surface area contributed by atoms with Gasteiger partial charge in [0, 0.05) is 16.1 Å². The van der Waals surface area contributed by atoms with Gasteiger partial charge in [-0.3, -0.25) is 20.4 Å². The first kappa shape index (κ1) is 16.1. The fourth-order valence-corrected chi connectivity index (χ4v) is 2.46. The summed E-state index contributed by atoms with van der Waals surface area (Å²) in [6.07, 6.45) is 2.98. The van der Waals surface area contributed by atoms with Crippen LogP contribution in [0.4, 0.5) is 0 Å². The maximum atomic E-state index is 12.0. The zero-order chi connectivity index (χ0) is 16.9. The van der Waals surface area contributed by atoms with Crippen LogP contribution in [-0.4, -0.2) is 18.6 Å². The number of hydrogen-bond acceptors (Lipinski definition) is 4. The van der Waals surface area contributed by atoms with Crippen molar-refractivity contribution in [2.24, 2.45) is 0 Å². The Kier molecular flexibility index (Phi) is 4.81. The highest BCUT2D eigenvalue weighted by Gasteiger charge is 2.16. The molecule has 1 aliphatic rings. The second-order valence-corrected chi connectivity index (χ2v) is 5.72. The lowest BCUT2D eigenvalue weighted by Crippen LogP contribution is -2.40. The predicted molar refractivity (Wildman–Crippen MR) is 91.3 cm³/mol. The predicted octanol–water partition coefficient (Wildman–Crippen LogP) is 2.65. The highest BCUT2D eigenvalue weighted by Crippen LogP contribution is 2.32. The molecule has 7 heteroatoms. The van der Waals surface area contributed by atoms with Gasteiger partial charge in [-0.15, -0.1) is 0 Å². The van der Waals surface area contributed by atoms with Gasteiger partial charge in [0.1, 0.15) is 0 Å². The van der Waals surface area contributed by atoms with E-state index in [1.807, 2.05) is 24.3 Å². The van der Waals surface area contributed by atoms with E-state index in [9.17, 15) is 9.59 Å². The number of benzene rings is 2. The number of carbonyl (C=O) groups excluding carboxylic acids is 2. The molecule has 1 aliphatic heterocycles. The Hall–Kier alpha value is -2.80. The van der Waals surface area contributed by atoms with Gasteiger partial charge in [-0.25, -0.2) is 0 Å². The largest absolute Gasteiger partial charge is 0.454 e. The van der Waals surface area contributed by atoms with E-state index in [2.05, 4.69) is 26.8 Å². The first-order chi connectivity index (χ1) is 11.6. The number of nitrogens with one attached hydrogen (secondary N) is 2. The lowest BCUT2D eigenvalue weighted by molar-refractivity contribution is -0.117. The van der Waals surface area contributed by atoms with Crippen LogP contribution in [0.5, 0.6) is 11.5 Å². The Morgan fingerprint density at radius 2 is 1.83 bits per heavy atom. The van der Waals surface area contributed by atoms with E-state index < -0.39 is 11.8 Å². The second-order valence-electron chi connectivity index (χ2n) is 4.87. The van der Waals surface area contributed by atoms with Crippen molar-refractivity contribution in [2.75, 3.05) is 6.79 Å². The van der Waals surface area contributed by atoms with Gasteiger partial charge in [0.25, 0.3) is 11.8 Å². The average molecular weight is 389 g/mol. The van der Waals surface area contributed by atoms with E-state index in [1.165, 1.54) is 6.08 Å². The minimum absolute atomic E-state index is 0.136. The van der Waals surface area contributed by atoms with E-state index in [-0.39, 0.29) is 6.79 Å². The summed E-state index contributed by atoms with van der Waals surface area (Å²) < 4.78 is 11.3. The summed E-state index contributed by atoms with van der Waals surface area (Å²) in [5, 5.41) is 0. The van der Waals surface area contributed by atoms with Crippen LogP contribution in [0.2, 0.25) is 0 Å². The van der Waals surface area contributed by atoms with Crippen LogP contribution in [-0.2, 0) is 4.79 Å². The Labute approximate surface area is 146 Å². The molecule has 0 unspecified atom stereocenters. The van der Waals surface area contributed by atoms with E-state index in [0.29, 0.717) is 17.1 Å². The quantitative estimate of drug-likeness (QED) is 0.625. The zero-order valence-electron chi connectivity index (χ0n) is 12.4. The number of hydrazine groups is 1. The summed E-state index contributed by atoms with van der Waals surface area (Å²) >= 11 is 3.39. The maximum absolute atomic E-state index is 12.0. The van der Waals surface area contributed by atoms with E-state index in [1.54, 1.807) is 24.3 Å². The molecule has 0 aromatic heterocycles. The monoisotopic (exact) mass is 388 g/mol. The van der Waals surface area contributed by atoms with Crippen molar-refractivity contribution in [1.82, 2.24) is 10.9 Å². The summed E-state index contributed by atoms with van der Waals surface area (Å²) in [4.78, 5) is 23.8. The molecule has 122 valence electrons. The fourth-order valence-electron chi connectivity index (χ4n) is 2.05.